The van der Waals surface area contributed by atoms with Crippen LogP contribution in [0.3, 0.4) is 0 Å². The van der Waals surface area contributed by atoms with Crippen LogP contribution in [-0.2, 0) is 9.47 Å². The molecule has 2 atom stereocenters. The molecule has 1 aromatic rings. The maximum atomic E-state index is 13.1. The molecule has 3 heterocycles. The number of ether oxygens (including phenoxy) is 2. The fraction of sp³-hybridized carbons (Fsp3) is 0.789. The highest BCUT2D eigenvalue weighted by Gasteiger charge is 2.47. The third-order valence-electron chi connectivity index (χ3n) is 5.96. The van der Waals surface area contributed by atoms with Crippen molar-refractivity contribution in [3.63, 3.8) is 0 Å². The van der Waals surface area contributed by atoms with Gasteiger partial charge in [-0.05, 0) is 51.9 Å². The van der Waals surface area contributed by atoms with E-state index in [1.807, 2.05) is 11.8 Å². The van der Waals surface area contributed by atoms with E-state index in [0.717, 1.165) is 44.9 Å². The molecule has 0 aromatic carbocycles. The number of carbonyl (C=O) groups excluding carboxylic acids is 1. The molecule has 138 valence electrons. The molecule has 2 aliphatic heterocycles. The van der Waals surface area contributed by atoms with Gasteiger partial charge in [-0.1, -0.05) is 5.16 Å². The fourth-order valence-electron chi connectivity index (χ4n) is 4.33. The Hall–Kier alpha value is -1.40. The van der Waals surface area contributed by atoms with Crippen molar-refractivity contribution < 1.29 is 18.8 Å². The van der Waals surface area contributed by atoms with E-state index in [0.29, 0.717) is 30.2 Å². The van der Waals surface area contributed by atoms with Gasteiger partial charge in [0.15, 0.2) is 0 Å². The summed E-state index contributed by atoms with van der Waals surface area (Å²) in [4.78, 5) is 15.0. The number of likely N-dealkylation sites (tertiary alicyclic amines) is 1. The highest BCUT2D eigenvalue weighted by atomic mass is 16.5. The van der Waals surface area contributed by atoms with Gasteiger partial charge in [0, 0.05) is 31.7 Å². The zero-order chi connectivity index (χ0) is 17.4. The highest BCUT2D eigenvalue weighted by molar-refractivity contribution is 5.96. The van der Waals surface area contributed by atoms with Crippen molar-refractivity contribution in [2.24, 2.45) is 11.3 Å². The summed E-state index contributed by atoms with van der Waals surface area (Å²) in [6, 6.07) is 0. The van der Waals surface area contributed by atoms with Gasteiger partial charge >= 0.3 is 0 Å². The first-order valence-electron chi connectivity index (χ1n) is 9.50. The normalized spacial score (nSPS) is 29.5. The molecule has 25 heavy (non-hydrogen) atoms. The first-order chi connectivity index (χ1) is 12.1. The van der Waals surface area contributed by atoms with Crippen LogP contribution in [0.1, 0.15) is 53.9 Å². The molecule has 3 fully saturated rings. The van der Waals surface area contributed by atoms with Crippen molar-refractivity contribution in [1.29, 1.82) is 0 Å². The Morgan fingerprint density at radius 3 is 2.92 bits per heavy atom. The van der Waals surface area contributed by atoms with Gasteiger partial charge in [0.1, 0.15) is 11.3 Å². The van der Waals surface area contributed by atoms with Crippen molar-refractivity contribution in [2.45, 2.75) is 52.1 Å². The molecule has 0 unspecified atom stereocenters. The lowest BCUT2D eigenvalue weighted by molar-refractivity contribution is -0.147. The van der Waals surface area contributed by atoms with Crippen LogP contribution in [0, 0.1) is 25.2 Å². The third-order valence-corrected chi connectivity index (χ3v) is 5.96. The van der Waals surface area contributed by atoms with Crippen LogP contribution in [-0.4, -0.2) is 55.0 Å². The first-order valence-corrected chi connectivity index (χ1v) is 9.50. The molecule has 1 saturated carbocycles. The molecule has 2 saturated heterocycles. The van der Waals surface area contributed by atoms with Gasteiger partial charge < -0.3 is 18.9 Å². The number of hydrogen-bond donors (Lipinski definition) is 0. The summed E-state index contributed by atoms with van der Waals surface area (Å²) in [5, 5.41) is 3.93. The van der Waals surface area contributed by atoms with E-state index in [9.17, 15) is 4.79 Å². The molecule has 0 radical (unpaired) electrons. The molecule has 0 N–H and O–H groups in total. The Morgan fingerprint density at radius 2 is 2.20 bits per heavy atom. The molecule has 1 amide bonds. The lowest BCUT2D eigenvalue weighted by atomic mass is 9.73. The van der Waals surface area contributed by atoms with Gasteiger partial charge in [-0.2, -0.15) is 0 Å². The van der Waals surface area contributed by atoms with Crippen LogP contribution in [0.5, 0.6) is 0 Å². The van der Waals surface area contributed by atoms with Crippen molar-refractivity contribution in [3.05, 3.63) is 17.0 Å². The monoisotopic (exact) mass is 348 g/mol. The van der Waals surface area contributed by atoms with Crippen LogP contribution < -0.4 is 0 Å². The van der Waals surface area contributed by atoms with Crippen molar-refractivity contribution in [1.82, 2.24) is 10.1 Å². The van der Waals surface area contributed by atoms with Crippen LogP contribution in [0.2, 0.25) is 0 Å². The van der Waals surface area contributed by atoms with Crippen LogP contribution in [0.4, 0.5) is 0 Å². The number of aromatic nitrogens is 1. The van der Waals surface area contributed by atoms with E-state index in [2.05, 4.69) is 5.16 Å². The molecule has 4 rings (SSSR count). The van der Waals surface area contributed by atoms with Gasteiger partial charge in [0.05, 0.1) is 18.4 Å². The van der Waals surface area contributed by atoms with E-state index in [4.69, 9.17) is 14.0 Å². The van der Waals surface area contributed by atoms with Crippen molar-refractivity contribution in [3.8, 4) is 0 Å². The Kier molecular flexibility index (Phi) is 4.58. The average Bonchev–Trinajstić information content (AvgIpc) is 3.37. The van der Waals surface area contributed by atoms with Gasteiger partial charge in [0.2, 0.25) is 0 Å². The number of nitrogens with zero attached hydrogens (tertiary/aromatic N) is 2. The fourth-order valence-corrected chi connectivity index (χ4v) is 4.33. The molecule has 3 aliphatic rings. The maximum absolute atomic E-state index is 13.1. The Balaban J connectivity index is 1.50. The van der Waals surface area contributed by atoms with Gasteiger partial charge in [-0.25, -0.2) is 0 Å². The van der Waals surface area contributed by atoms with Crippen LogP contribution in [0.25, 0.3) is 0 Å². The quantitative estimate of drug-likeness (QED) is 0.819. The zero-order valence-electron chi connectivity index (χ0n) is 15.3. The zero-order valence-corrected chi connectivity index (χ0v) is 15.3. The van der Waals surface area contributed by atoms with E-state index < -0.39 is 0 Å². The number of amides is 1. The molecule has 0 bridgehead atoms. The second-order valence-electron chi connectivity index (χ2n) is 8.00. The Bertz CT molecular complexity index is 620. The predicted octanol–water partition coefficient (Wildman–Crippen LogP) is 2.73. The third kappa shape index (κ3) is 3.34. The minimum absolute atomic E-state index is 0.0295. The highest BCUT2D eigenvalue weighted by Crippen LogP contribution is 2.41. The minimum atomic E-state index is -0.0694. The molecule has 6 heteroatoms. The van der Waals surface area contributed by atoms with E-state index >= 15 is 0 Å². The molecular weight excluding hydrogens is 320 g/mol. The van der Waals surface area contributed by atoms with E-state index in [-0.39, 0.29) is 17.4 Å². The van der Waals surface area contributed by atoms with E-state index in [1.165, 1.54) is 12.8 Å². The number of piperidine rings is 1. The second-order valence-corrected chi connectivity index (χ2v) is 8.00. The SMILES string of the molecule is Cc1noc(C)c1C(=O)N1CC[C@@H]2OCCC[C@@]2(COCC2CC2)C1. The average molecular weight is 348 g/mol. The van der Waals surface area contributed by atoms with Gasteiger partial charge in [-0.3, -0.25) is 4.79 Å². The largest absolute Gasteiger partial charge is 0.380 e. The van der Waals surface area contributed by atoms with Crippen molar-refractivity contribution in [2.75, 3.05) is 32.9 Å². The topological polar surface area (TPSA) is 64.8 Å². The lowest BCUT2D eigenvalue weighted by Crippen LogP contribution is -2.58. The Labute approximate surface area is 148 Å². The van der Waals surface area contributed by atoms with Crippen LogP contribution >= 0.6 is 0 Å². The summed E-state index contributed by atoms with van der Waals surface area (Å²) < 4.78 is 17.3. The second kappa shape index (κ2) is 6.72. The first kappa shape index (κ1) is 17.0. The van der Waals surface area contributed by atoms with Crippen LogP contribution in [0.15, 0.2) is 4.52 Å². The molecule has 0 spiro atoms. The lowest BCUT2D eigenvalue weighted by Gasteiger charge is -2.50. The molecule has 1 aliphatic carbocycles. The summed E-state index contributed by atoms with van der Waals surface area (Å²) in [5.41, 5.74) is 1.22. The number of carbonyl (C=O) groups is 1. The summed E-state index contributed by atoms with van der Waals surface area (Å²) in [7, 11) is 0. The Morgan fingerprint density at radius 1 is 1.36 bits per heavy atom. The maximum Gasteiger partial charge on any atom is 0.259 e. The van der Waals surface area contributed by atoms with Gasteiger partial charge in [-0.15, -0.1) is 0 Å². The van der Waals surface area contributed by atoms with Gasteiger partial charge in [0.25, 0.3) is 5.91 Å². The summed E-state index contributed by atoms with van der Waals surface area (Å²) in [6.45, 7) is 7.43. The summed E-state index contributed by atoms with van der Waals surface area (Å²) in [6.07, 6.45) is 5.77. The van der Waals surface area contributed by atoms with Crippen molar-refractivity contribution >= 4 is 5.91 Å². The smallest absolute Gasteiger partial charge is 0.259 e. The number of hydrogen-bond acceptors (Lipinski definition) is 5. The molecule has 6 nitrogen and oxygen atoms in total. The predicted molar refractivity (Wildman–Crippen MR) is 91.4 cm³/mol. The molecular formula is C19H28N2O4. The number of aryl methyl sites for hydroxylation is 2. The summed E-state index contributed by atoms with van der Waals surface area (Å²) in [5.74, 6) is 1.38. The molecule has 1 aromatic heterocycles. The number of fused-ring (bicyclic) bond motifs is 1. The minimum Gasteiger partial charge on any atom is -0.380 e. The van der Waals surface area contributed by atoms with E-state index in [1.54, 1.807) is 6.92 Å². The standard InChI is InChI=1S/C19H28N2O4/c1-13-17(14(2)25-20-13)18(22)21-8-6-16-19(11-21,7-3-9-24-16)12-23-10-15-4-5-15/h15-16H,3-12H2,1-2H3/t16-,19-/m0/s1. The summed E-state index contributed by atoms with van der Waals surface area (Å²) >= 11 is 0. The number of rotatable bonds is 5.